The molecule has 1 aliphatic heterocycles. The molecule has 0 radical (unpaired) electrons. The highest BCUT2D eigenvalue weighted by Gasteiger charge is 2.43. The summed E-state index contributed by atoms with van der Waals surface area (Å²) in [5.74, 6) is -1.29. The second kappa shape index (κ2) is 5.05. The number of hydrogen-bond acceptors (Lipinski definition) is 2. The molecule has 112 valence electrons. The monoisotopic (exact) mass is 297 g/mol. The molecule has 2 aromatic rings. The number of halogens is 3. The Bertz CT molecular complexity index is 632. The number of H-pyrrole nitrogens is 1. The predicted molar refractivity (Wildman–Crippen MR) is 70.7 cm³/mol. The highest BCUT2D eigenvalue weighted by atomic mass is 19.4. The maximum Gasteiger partial charge on any atom is 0.471 e. The molecule has 1 fully saturated rings. The minimum Gasteiger partial charge on any atom is -0.342 e. The van der Waals surface area contributed by atoms with Crippen molar-refractivity contribution in [2.24, 2.45) is 0 Å². The van der Waals surface area contributed by atoms with E-state index >= 15 is 0 Å². The summed E-state index contributed by atoms with van der Waals surface area (Å²) in [6.45, 7) is 0.202. The molecule has 0 spiro atoms. The van der Waals surface area contributed by atoms with Crippen molar-refractivity contribution in [1.29, 1.82) is 0 Å². The van der Waals surface area contributed by atoms with Crippen LogP contribution < -0.4 is 0 Å². The number of imidazole rings is 1. The van der Waals surface area contributed by atoms with Crippen molar-refractivity contribution in [3.8, 4) is 0 Å². The Morgan fingerprint density at radius 2 is 2.10 bits per heavy atom. The quantitative estimate of drug-likeness (QED) is 0.880. The first-order chi connectivity index (χ1) is 9.95. The molecule has 2 heterocycles. The van der Waals surface area contributed by atoms with Crippen LogP contribution >= 0.6 is 0 Å². The Labute approximate surface area is 119 Å². The van der Waals surface area contributed by atoms with Crippen LogP contribution in [-0.2, 0) is 4.79 Å². The van der Waals surface area contributed by atoms with Gasteiger partial charge in [0.05, 0.1) is 11.0 Å². The zero-order valence-corrected chi connectivity index (χ0v) is 11.2. The number of carbonyl (C=O) groups excluding carboxylic acids is 1. The third-order valence-electron chi connectivity index (χ3n) is 3.75. The Morgan fingerprint density at radius 1 is 1.33 bits per heavy atom. The van der Waals surface area contributed by atoms with Crippen molar-refractivity contribution in [2.75, 3.05) is 13.1 Å². The maximum absolute atomic E-state index is 12.5. The topological polar surface area (TPSA) is 49.0 Å². The number of aromatic nitrogens is 2. The van der Waals surface area contributed by atoms with Crippen LogP contribution in [0.25, 0.3) is 11.0 Å². The van der Waals surface area contributed by atoms with Gasteiger partial charge >= 0.3 is 12.1 Å². The van der Waals surface area contributed by atoms with Crippen molar-refractivity contribution < 1.29 is 18.0 Å². The molecule has 0 saturated carbocycles. The van der Waals surface area contributed by atoms with E-state index < -0.39 is 12.1 Å². The number of benzene rings is 1. The molecule has 1 aromatic heterocycles. The molecule has 0 bridgehead atoms. The van der Waals surface area contributed by atoms with Gasteiger partial charge in [-0.1, -0.05) is 12.1 Å². The van der Waals surface area contributed by atoms with Gasteiger partial charge in [0.1, 0.15) is 5.82 Å². The standard InChI is InChI=1S/C14H14F3N3O/c15-14(16,17)13(21)20-7-3-4-9(8-20)12-18-10-5-1-2-6-11(10)19-12/h1-2,5-6,9H,3-4,7-8H2,(H,18,19)/t9-/m1/s1. The van der Waals surface area contributed by atoms with Gasteiger partial charge in [0.25, 0.3) is 0 Å². The molecule has 1 saturated heterocycles. The van der Waals surface area contributed by atoms with Gasteiger partial charge in [-0.2, -0.15) is 13.2 Å². The zero-order valence-electron chi connectivity index (χ0n) is 11.2. The number of nitrogens with zero attached hydrogens (tertiary/aromatic N) is 2. The Kier molecular flexibility index (Phi) is 3.35. The van der Waals surface area contributed by atoms with Crippen molar-refractivity contribution in [3.05, 3.63) is 30.1 Å². The number of nitrogens with one attached hydrogen (secondary N) is 1. The van der Waals surface area contributed by atoms with E-state index in [1.807, 2.05) is 24.3 Å². The SMILES string of the molecule is O=C(N1CCC[C@@H](c2nc3ccccc3[nH]2)C1)C(F)(F)F. The lowest BCUT2D eigenvalue weighted by atomic mass is 9.97. The van der Waals surface area contributed by atoms with E-state index in [0.717, 1.165) is 22.4 Å². The smallest absolute Gasteiger partial charge is 0.342 e. The van der Waals surface area contributed by atoms with E-state index in [2.05, 4.69) is 9.97 Å². The summed E-state index contributed by atoms with van der Waals surface area (Å²) in [5.41, 5.74) is 1.64. The average Bonchev–Trinajstić information content (AvgIpc) is 2.89. The van der Waals surface area contributed by atoms with Gasteiger partial charge in [0, 0.05) is 19.0 Å². The Balaban J connectivity index is 1.81. The Hall–Kier alpha value is -2.05. The van der Waals surface area contributed by atoms with E-state index in [0.29, 0.717) is 12.2 Å². The molecule has 1 N–H and O–H groups in total. The number of fused-ring (bicyclic) bond motifs is 1. The van der Waals surface area contributed by atoms with E-state index in [4.69, 9.17) is 0 Å². The van der Waals surface area contributed by atoms with Gasteiger partial charge in [-0.3, -0.25) is 4.79 Å². The number of piperidine rings is 1. The summed E-state index contributed by atoms with van der Waals surface area (Å²) in [6.07, 6.45) is -3.54. The molecule has 1 aromatic carbocycles. The van der Waals surface area contributed by atoms with Crippen LogP contribution in [0.1, 0.15) is 24.6 Å². The fourth-order valence-corrected chi connectivity index (χ4v) is 2.73. The lowest BCUT2D eigenvalue weighted by molar-refractivity contribution is -0.186. The van der Waals surface area contributed by atoms with E-state index in [1.54, 1.807) is 0 Å². The molecule has 4 nitrogen and oxygen atoms in total. The van der Waals surface area contributed by atoms with Crippen molar-refractivity contribution in [1.82, 2.24) is 14.9 Å². The molecular weight excluding hydrogens is 283 g/mol. The molecule has 21 heavy (non-hydrogen) atoms. The molecule has 0 aliphatic carbocycles. The van der Waals surface area contributed by atoms with Crippen molar-refractivity contribution in [2.45, 2.75) is 24.9 Å². The Morgan fingerprint density at radius 3 is 2.81 bits per heavy atom. The highest BCUT2D eigenvalue weighted by molar-refractivity contribution is 5.82. The third-order valence-corrected chi connectivity index (χ3v) is 3.75. The molecule has 0 unspecified atom stereocenters. The minimum atomic E-state index is -4.81. The summed E-state index contributed by atoms with van der Waals surface area (Å²) < 4.78 is 37.5. The number of hydrogen-bond donors (Lipinski definition) is 1. The second-order valence-corrected chi connectivity index (χ2v) is 5.23. The number of carbonyl (C=O) groups is 1. The van der Waals surface area contributed by atoms with Crippen LogP contribution in [0.4, 0.5) is 13.2 Å². The number of aromatic amines is 1. The second-order valence-electron chi connectivity index (χ2n) is 5.23. The molecule has 1 atom stereocenters. The summed E-state index contributed by atoms with van der Waals surface area (Å²) in [5, 5.41) is 0. The van der Waals surface area contributed by atoms with Crippen LogP contribution in [0, 0.1) is 0 Å². The number of rotatable bonds is 1. The van der Waals surface area contributed by atoms with Crippen molar-refractivity contribution >= 4 is 16.9 Å². The lowest BCUT2D eigenvalue weighted by Crippen LogP contribution is -2.45. The van der Waals surface area contributed by atoms with E-state index in [1.165, 1.54) is 0 Å². The maximum atomic E-state index is 12.5. The fraction of sp³-hybridized carbons (Fsp3) is 0.429. The molecule has 1 amide bonds. The lowest BCUT2D eigenvalue weighted by Gasteiger charge is -2.32. The summed E-state index contributed by atoms with van der Waals surface area (Å²) in [7, 11) is 0. The number of alkyl halides is 3. The van der Waals surface area contributed by atoms with Crippen LogP contribution in [0.5, 0.6) is 0 Å². The fourth-order valence-electron chi connectivity index (χ4n) is 2.73. The molecule has 3 rings (SSSR count). The zero-order chi connectivity index (χ0) is 15.0. The van der Waals surface area contributed by atoms with Gasteiger partial charge in [-0.05, 0) is 25.0 Å². The van der Waals surface area contributed by atoms with Gasteiger partial charge < -0.3 is 9.88 Å². The summed E-state index contributed by atoms with van der Waals surface area (Å²) >= 11 is 0. The van der Waals surface area contributed by atoms with E-state index in [9.17, 15) is 18.0 Å². The van der Waals surface area contributed by atoms with Gasteiger partial charge in [-0.15, -0.1) is 0 Å². The first-order valence-corrected chi connectivity index (χ1v) is 6.76. The first-order valence-electron chi connectivity index (χ1n) is 6.76. The number of amides is 1. The van der Waals surface area contributed by atoms with Crippen LogP contribution in [0.3, 0.4) is 0 Å². The number of likely N-dealkylation sites (tertiary alicyclic amines) is 1. The minimum absolute atomic E-state index is 0.0537. The summed E-state index contributed by atoms with van der Waals surface area (Å²) in [4.78, 5) is 19.8. The van der Waals surface area contributed by atoms with E-state index in [-0.39, 0.29) is 19.0 Å². The summed E-state index contributed by atoms with van der Waals surface area (Å²) in [6, 6.07) is 7.43. The highest BCUT2D eigenvalue weighted by Crippen LogP contribution is 2.29. The number of para-hydroxylation sites is 2. The average molecular weight is 297 g/mol. The molecular formula is C14H14F3N3O. The van der Waals surface area contributed by atoms with Gasteiger partial charge in [-0.25, -0.2) is 4.98 Å². The van der Waals surface area contributed by atoms with Crippen molar-refractivity contribution in [3.63, 3.8) is 0 Å². The molecule has 7 heteroatoms. The normalized spacial score (nSPS) is 20.0. The first kappa shape index (κ1) is 13.9. The third kappa shape index (κ3) is 2.72. The van der Waals surface area contributed by atoms with Gasteiger partial charge in [0.2, 0.25) is 0 Å². The largest absolute Gasteiger partial charge is 0.471 e. The van der Waals surface area contributed by atoms with Crippen LogP contribution in [0.2, 0.25) is 0 Å². The predicted octanol–water partition coefficient (Wildman–Crippen LogP) is 2.83. The van der Waals surface area contributed by atoms with Crippen LogP contribution in [-0.4, -0.2) is 40.0 Å². The van der Waals surface area contributed by atoms with Gasteiger partial charge in [0.15, 0.2) is 0 Å². The van der Waals surface area contributed by atoms with Crippen LogP contribution in [0.15, 0.2) is 24.3 Å². The molecule has 1 aliphatic rings.